The molecule has 0 radical (unpaired) electrons. The maximum atomic E-state index is 13.5. The van der Waals surface area contributed by atoms with Gasteiger partial charge in [-0.25, -0.2) is 4.79 Å². The predicted octanol–water partition coefficient (Wildman–Crippen LogP) is 3.17. The lowest BCUT2D eigenvalue weighted by molar-refractivity contribution is -0.117. The van der Waals surface area contributed by atoms with Gasteiger partial charge in [-0.05, 0) is 30.7 Å². The van der Waals surface area contributed by atoms with Crippen molar-refractivity contribution >= 4 is 34.3 Å². The number of rotatable bonds is 2. The molecular formula is C21H16N2O4. The van der Waals surface area contributed by atoms with E-state index in [0.717, 1.165) is 16.5 Å². The van der Waals surface area contributed by atoms with E-state index < -0.39 is 11.5 Å². The minimum absolute atomic E-state index is 0.107. The number of amides is 1. The summed E-state index contributed by atoms with van der Waals surface area (Å²) in [4.78, 5) is 43.0. The van der Waals surface area contributed by atoms with Crippen LogP contribution in [-0.2, 0) is 15.1 Å². The number of nitrogens with one attached hydrogen (secondary N) is 1. The number of aromatic nitrogens is 1. The molecule has 1 amide bonds. The van der Waals surface area contributed by atoms with E-state index in [2.05, 4.69) is 4.98 Å². The Labute approximate surface area is 154 Å². The van der Waals surface area contributed by atoms with Gasteiger partial charge in [0.2, 0.25) is 5.91 Å². The third kappa shape index (κ3) is 1.87. The Bertz CT molecular complexity index is 1150. The second kappa shape index (κ2) is 5.30. The van der Waals surface area contributed by atoms with Crippen LogP contribution in [0.15, 0.2) is 48.7 Å². The Kier molecular flexibility index (Phi) is 3.10. The molecule has 2 aliphatic heterocycles. The molecule has 134 valence electrons. The summed E-state index contributed by atoms with van der Waals surface area (Å²) in [6.45, 7) is 0. The van der Waals surface area contributed by atoms with Crippen molar-refractivity contribution in [2.24, 2.45) is 0 Å². The van der Waals surface area contributed by atoms with Gasteiger partial charge in [0.1, 0.15) is 5.54 Å². The molecule has 1 atom stereocenters. The van der Waals surface area contributed by atoms with Gasteiger partial charge in [-0.15, -0.1) is 0 Å². The second-order valence-corrected chi connectivity index (χ2v) is 6.89. The van der Waals surface area contributed by atoms with Crippen molar-refractivity contribution in [3.63, 3.8) is 0 Å². The standard InChI is InChI=1S/C21H16N2O4/c1-27-20(26)12-6-7-14-17(10-12)23-18(24)8-9-21(23,19(14)25)15-11-22-16-5-3-2-4-13(15)16/h2-7,10-11,22H,8-9H2,1H3. The SMILES string of the molecule is COC(=O)c1ccc2c(c1)N1C(=O)CCC1(c1c[nH]c3ccccc13)C2=O. The molecule has 1 aromatic heterocycles. The lowest BCUT2D eigenvalue weighted by Crippen LogP contribution is -2.44. The monoisotopic (exact) mass is 360 g/mol. The summed E-state index contributed by atoms with van der Waals surface area (Å²) >= 11 is 0. The highest BCUT2D eigenvalue weighted by Crippen LogP contribution is 2.53. The lowest BCUT2D eigenvalue weighted by atomic mass is 9.83. The zero-order valence-electron chi connectivity index (χ0n) is 14.6. The maximum Gasteiger partial charge on any atom is 0.337 e. The third-order valence-corrected chi connectivity index (χ3v) is 5.65. The van der Waals surface area contributed by atoms with Gasteiger partial charge in [-0.1, -0.05) is 18.2 Å². The highest BCUT2D eigenvalue weighted by Gasteiger charge is 2.59. The summed E-state index contributed by atoms with van der Waals surface area (Å²) in [5.41, 5.74) is 1.91. The Morgan fingerprint density at radius 1 is 1.19 bits per heavy atom. The molecule has 1 saturated heterocycles. The van der Waals surface area contributed by atoms with Crippen LogP contribution in [0.5, 0.6) is 0 Å². The number of H-pyrrole nitrogens is 1. The number of nitrogens with zero attached hydrogens (tertiary/aromatic N) is 1. The van der Waals surface area contributed by atoms with Gasteiger partial charge in [0.15, 0.2) is 5.78 Å². The van der Waals surface area contributed by atoms with Crippen molar-refractivity contribution in [1.29, 1.82) is 0 Å². The molecule has 3 aromatic rings. The van der Waals surface area contributed by atoms with Gasteiger partial charge in [0.25, 0.3) is 0 Å². The number of ether oxygens (including phenoxy) is 1. The first-order valence-electron chi connectivity index (χ1n) is 8.75. The molecule has 3 heterocycles. The highest BCUT2D eigenvalue weighted by molar-refractivity contribution is 6.24. The summed E-state index contributed by atoms with van der Waals surface area (Å²) < 4.78 is 4.78. The van der Waals surface area contributed by atoms with Crippen LogP contribution in [0.1, 0.15) is 39.1 Å². The summed E-state index contributed by atoms with van der Waals surface area (Å²) in [6.07, 6.45) is 2.52. The number of para-hydroxylation sites is 1. The molecule has 0 spiro atoms. The average Bonchev–Trinajstić information content (AvgIpc) is 3.34. The van der Waals surface area contributed by atoms with Gasteiger partial charge in [0, 0.05) is 34.6 Å². The number of esters is 1. The first kappa shape index (κ1) is 15.8. The fourth-order valence-electron chi connectivity index (χ4n) is 4.45. The van der Waals surface area contributed by atoms with Crippen LogP contribution < -0.4 is 4.90 Å². The number of anilines is 1. The molecule has 6 nitrogen and oxygen atoms in total. The maximum absolute atomic E-state index is 13.5. The van der Waals surface area contributed by atoms with Crippen LogP contribution in [0.4, 0.5) is 5.69 Å². The van der Waals surface area contributed by atoms with E-state index in [9.17, 15) is 14.4 Å². The van der Waals surface area contributed by atoms with Crippen LogP contribution in [-0.4, -0.2) is 29.8 Å². The molecule has 5 rings (SSSR count). The highest BCUT2D eigenvalue weighted by atomic mass is 16.5. The Morgan fingerprint density at radius 3 is 2.81 bits per heavy atom. The van der Waals surface area contributed by atoms with Crippen molar-refractivity contribution in [2.45, 2.75) is 18.4 Å². The molecule has 1 fully saturated rings. The van der Waals surface area contributed by atoms with Crippen LogP contribution in [0.3, 0.4) is 0 Å². The summed E-state index contributed by atoms with van der Waals surface area (Å²) in [7, 11) is 1.30. The number of methoxy groups -OCH3 is 1. The van der Waals surface area contributed by atoms with Gasteiger partial charge in [0.05, 0.1) is 18.4 Å². The minimum Gasteiger partial charge on any atom is -0.465 e. The van der Waals surface area contributed by atoms with Gasteiger partial charge in [-0.2, -0.15) is 0 Å². The minimum atomic E-state index is -1.06. The fourth-order valence-corrected chi connectivity index (χ4v) is 4.45. The Morgan fingerprint density at radius 2 is 2.00 bits per heavy atom. The van der Waals surface area contributed by atoms with Gasteiger partial charge in [-0.3, -0.25) is 14.5 Å². The van der Waals surface area contributed by atoms with Crippen LogP contribution in [0.2, 0.25) is 0 Å². The molecular weight excluding hydrogens is 344 g/mol. The second-order valence-electron chi connectivity index (χ2n) is 6.89. The fraction of sp³-hybridized carbons (Fsp3) is 0.190. The number of benzene rings is 2. The average molecular weight is 360 g/mol. The van der Waals surface area contributed by atoms with E-state index in [4.69, 9.17) is 4.74 Å². The van der Waals surface area contributed by atoms with E-state index in [1.165, 1.54) is 7.11 Å². The topological polar surface area (TPSA) is 79.5 Å². The van der Waals surface area contributed by atoms with Crippen molar-refractivity contribution < 1.29 is 19.1 Å². The molecule has 0 bridgehead atoms. The van der Waals surface area contributed by atoms with Crippen LogP contribution in [0, 0.1) is 0 Å². The Hall–Kier alpha value is -3.41. The third-order valence-electron chi connectivity index (χ3n) is 5.65. The molecule has 2 aliphatic rings. The first-order chi connectivity index (χ1) is 13.1. The summed E-state index contributed by atoms with van der Waals surface area (Å²) in [6, 6.07) is 12.5. The first-order valence-corrected chi connectivity index (χ1v) is 8.75. The molecule has 27 heavy (non-hydrogen) atoms. The van der Waals surface area contributed by atoms with E-state index in [-0.39, 0.29) is 18.1 Å². The number of hydrogen-bond acceptors (Lipinski definition) is 4. The zero-order valence-corrected chi connectivity index (χ0v) is 14.6. The van der Waals surface area contributed by atoms with Gasteiger partial charge >= 0.3 is 5.97 Å². The normalized spacial score (nSPS) is 20.9. The lowest BCUT2D eigenvalue weighted by Gasteiger charge is -2.30. The summed E-state index contributed by atoms with van der Waals surface area (Å²) in [5, 5.41) is 0.923. The van der Waals surface area contributed by atoms with E-state index in [0.29, 0.717) is 23.2 Å². The summed E-state index contributed by atoms with van der Waals surface area (Å²) in [5.74, 6) is -0.722. The molecule has 1 N–H and O–H groups in total. The van der Waals surface area contributed by atoms with E-state index in [1.54, 1.807) is 23.1 Å². The van der Waals surface area contributed by atoms with Crippen LogP contribution in [0.25, 0.3) is 10.9 Å². The zero-order chi connectivity index (χ0) is 18.8. The van der Waals surface area contributed by atoms with E-state index in [1.807, 2.05) is 30.5 Å². The Balaban J connectivity index is 1.76. The number of carbonyl (C=O) groups is 3. The molecule has 0 saturated carbocycles. The van der Waals surface area contributed by atoms with Crippen molar-refractivity contribution in [3.05, 3.63) is 65.4 Å². The number of Topliss-reactive ketones (excluding diaryl/α,β-unsaturated/α-hetero) is 1. The molecule has 1 unspecified atom stereocenters. The quantitative estimate of drug-likeness (QED) is 0.712. The number of hydrogen-bond donors (Lipinski definition) is 1. The number of fused-ring (bicyclic) bond motifs is 4. The van der Waals surface area contributed by atoms with Crippen molar-refractivity contribution in [3.8, 4) is 0 Å². The van der Waals surface area contributed by atoms with Gasteiger partial charge < -0.3 is 9.72 Å². The predicted molar refractivity (Wildman–Crippen MR) is 98.8 cm³/mol. The van der Waals surface area contributed by atoms with E-state index >= 15 is 0 Å². The van der Waals surface area contributed by atoms with Crippen molar-refractivity contribution in [1.82, 2.24) is 4.98 Å². The largest absolute Gasteiger partial charge is 0.465 e. The molecule has 0 aliphatic carbocycles. The van der Waals surface area contributed by atoms with Crippen molar-refractivity contribution in [2.75, 3.05) is 12.0 Å². The number of aromatic amines is 1. The molecule has 6 heteroatoms. The number of carbonyl (C=O) groups excluding carboxylic acids is 3. The number of ketones is 1. The van der Waals surface area contributed by atoms with Crippen LogP contribution >= 0.6 is 0 Å². The smallest absolute Gasteiger partial charge is 0.337 e. The molecule has 2 aromatic carbocycles.